The van der Waals surface area contributed by atoms with Crippen LogP contribution in [0.1, 0.15) is 27.2 Å². The maximum absolute atomic E-state index is 12.4. The van der Waals surface area contributed by atoms with E-state index >= 15 is 0 Å². The zero-order valence-electron chi connectivity index (χ0n) is 11.2. The van der Waals surface area contributed by atoms with Gasteiger partial charge in [0.2, 0.25) is 0 Å². The van der Waals surface area contributed by atoms with Crippen molar-refractivity contribution in [1.82, 2.24) is 0 Å². The SMILES string of the molecule is CC(C)(C)CC(=O)[B-]12OC(=O)C[N+]1(C)CC(=O)O2. The highest BCUT2D eigenvalue weighted by Crippen LogP contribution is 2.36. The van der Waals surface area contributed by atoms with Gasteiger partial charge in [-0.05, 0) is 11.8 Å². The number of carbonyl (C=O) groups excluding carboxylic acids is 3. The standard InChI is InChI=1S/C11H18BNO5/c1-11(2,3)5-8(14)12-13(4,6-9(15)17-12)7-10(16)18-12/h5-7H2,1-4H3. The Labute approximate surface area is 106 Å². The van der Waals surface area contributed by atoms with Crippen molar-refractivity contribution < 1.29 is 28.1 Å². The van der Waals surface area contributed by atoms with Crippen LogP contribution >= 0.6 is 0 Å². The number of hydrogen-bond donors (Lipinski definition) is 0. The molecule has 0 aromatic rings. The van der Waals surface area contributed by atoms with Gasteiger partial charge in [0.1, 0.15) is 18.8 Å². The first-order chi connectivity index (χ1) is 8.08. The Morgan fingerprint density at radius 2 is 1.67 bits per heavy atom. The average Bonchev–Trinajstić information content (AvgIpc) is 2.46. The third-order valence-electron chi connectivity index (χ3n) is 3.50. The number of hydrogen-bond acceptors (Lipinski definition) is 5. The fourth-order valence-electron chi connectivity index (χ4n) is 2.73. The van der Waals surface area contributed by atoms with E-state index in [2.05, 4.69) is 0 Å². The number of fused-ring (bicyclic) bond motifs is 1. The molecule has 7 heteroatoms. The summed E-state index contributed by atoms with van der Waals surface area (Å²) in [5.74, 6) is -0.959. The van der Waals surface area contributed by atoms with Crippen LogP contribution in [0.3, 0.4) is 0 Å². The van der Waals surface area contributed by atoms with Crippen molar-refractivity contribution in [2.45, 2.75) is 27.2 Å². The highest BCUT2D eigenvalue weighted by Gasteiger charge is 2.69. The van der Waals surface area contributed by atoms with E-state index in [1.54, 1.807) is 7.05 Å². The van der Waals surface area contributed by atoms with Crippen LogP contribution < -0.4 is 0 Å². The van der Waals surface area contributed by atoms with Crippen molar-refractivity contribution in [1.29, 1.82) is 0 Å². The number of rotatable bonds is 2. The molecule has 100 valence electrons. The van der Waals surface area contributed by atoms with E-state index in [9.17, 15) is 14.4 Å². The lowest BCUT2D eigenvalue weighted by Crippen LogP contribution is -2.65. The van der Waals surface area contributed by atoms with Crippen molar-refractivity contribution in [2.24, 2.45) is 5.41 Å². The van der Waals surface area contributed by atoms with Gasteiger partial charge in [-0.3, -0.25) is 9.59 Å². The van der Waals surface area contributed by atoms with Gasteiger partial charge in [0.15, 0.2) is 0 Å². The second-order valence-corrected chi connectivity index (χ2v) is 6.65. The van der Waals surface area contributed by atoms with E-state index in [0.717, 1.165) is 0 Å². The molecule has 2 fully saturated rings. The van der Waals surface area contributed by atoms with E-state index < -0.39 is 18.6 Å². The summed E-state index contributed by atoms with van der Waals surface area (Å²) in [7, 11) is 1.66. The largest absolute Gasteiger partial charge is 0.649 e. The second kappa shape index (κ2) is 3.57. The monoisotopic (exact) mass is 255 g/mol. The lowest BCUT2D eigenvalue weighted by atomic mass is 9.60. The normalized spacial score (nSPS) is 35.1. The van der Waals surface area contributed by atoms with Gasteiger partial charge in [0, 0.05) is 7.05 Å². The molecule has 2 aliphatic heterocycles. The van der Waals surface area contributed by atoms with Crippen LogP contribution in [0.4, 0.5) is 0 Å². The van der Waals surface area contributed by atoms with Crippen LogP contribution in [0.25, 0.3) is 0 Å². The second-order valence-electron chi connectivity index (χ2n) is 6.65. The molecule has 0 aromatic carbocycles. The predicted octanol–water partition coefficient (Wildman–Crippen LogP) is 0.0300. The van der Waals surface area contributed by atoms with Crippen LogP contribution in [-0.4, -0.2) is 48.8 Å². The first-order valence-corrected chi connectivity index (χ1v) is 6.03. The number of quaternary nitrogens is 1. The van der Waals surface area contributed by atoms with Crippen molar-refractivity contribution >= 4 is 24.3 Å². The van der Waals surface area contributed by atoms with Gasteiger partial charge in [0.05, 0.1) is 0 Å². The minimum atomic E-state index is -2.52. The Hall–Kier alpha value is -1.37. The van der Waals surface area contributed by atoms with E-state index in [0.29, 0.717) is 0 Å². The third-order valence-corrected chi connectivity index (χ3v) is 3.50. The molecule has 0 spiro atoms. The van der Waals surface area contributed by atoms with Crippen LogP contribution in [-0.2, 0) is 23.7 Å². The van der Waals surface area contributed by atoms with Gasteiger partial charge in [-0.25, -0.2) is 0 Å². The van der Waals surface area contributed by atoms with Gasteiger partial charge in [-0.2, -0.15) is 0 Å². The summed E-state index contributed by atoms with van der Waals surface area (Å²) < 4.78 is 10.3. The molecule has 0 saturated carbocycles. The molecule has 0 amide bonds. The third kappa shape index (κ3) is 1.82. The van der Waals surface area contributed by atoms with Gasteiger partial charge >= 0.3 is 18.6 Å². The number of likely N-dealkylation sites (N-methyl/N-ethyl adjacent to an activating group) is 1. The summed E-state index contributed by atoms with van der Waals surface area (Å²) >= 11 is 0. The van der Waals surface area contributed by atoms with Gasteiger partial charge < -0.3 is 18.5 Å². The molecule has 0 unspecified atom stereocenters. The Morgan fingerprint density at radius 1 is 1.22 bits per heavy atom. The summed E-state index contributed by atoms with van der Waals surface area (Å²) in [6.07, 6.45) is 0.210. The fourth-order valence-corrected chi connectivity index (χ4v) is 2.73. The molecule has 2 saturated heterocycles. The van der Waals surface area contributed by atoms with Crippen molar-refractivity contribution in [2.75, 3.05) is 20.1 Å². The lowest BCUT2D eigenvalue weighted by molar-refractivity contribution is -0.790. The fraction of sp³-hybridized carbons (Fsp3) is 0.727. The Balaban J connectivity index is 2.35. The Morgan fingerprint density at radius 3 is 2.06 bits per heavy atom. The summed E-state index contributed by atoms with van der Waals surface area (Å²) in [5, 5.41) is 0. The van der Waals surface area contributed by atoms with Crippen LogP contribution in [0.5, 0.6) is 0 Å². The lowest BCUT2D eigenvalue weighted by Gasteiger charge is -2.39. The van der Waals surface area contributed by atoms with Crippen molar-refractivity contribution in [3.05, 3.63) is 0 Å². The molecule has 0 aliphatic carbocycles. The van der Waals surface area contributed by atoms with Gasteiger partial charge in [-0.1, -0.05) is 20.8 Å². The van der Waals surface area contributed by atoms with Crippen molar-refractivity contribution in [3.8, 4) is 0 Å². The minimum absolute atomic E-state index is 0.0155. The van der Waals surface area contributed by atoms with Crippen LogP contribution in [0.15, 0.2) is 0 Å². The first kappa shape index (κ1) is 13.1. The van der Waals surface area contributed by atoms with Gasteiger partial charge in [0.25, 0.3) is 0 Å². The highest BCUT2D eigenvalue weighted by atomic mass is 16.7. The van der Waals surface area contributed by atoms with E-state index in [4.69, 9.17) is 9.31 Å². The summed E-state index contributed by atoms with van der Waals surface area (Å²) in [6, 6.07) is 0. The topological polar surface area (TPSA) is 69.7 Å². The molecular weight excluding hydrogens is 237 g/mol. The molecule has 0 atom stereocenters. The Bertz CT molecular complexity index is 419. The maximum Gasteiger partial charge on any atom is 0.649 e. The summed E-state index contributed by atoms with van der Waals surface area (Å²) in [4.78, 5) is 35.4. The molecule has 2 rings (SSSR count). The summed E-state index contributed by atoms with van der Waals surface area (Å²) in [6.45, 7) is 3.25. The molecule has 0 aromatic heterocycles. The molecule has 0 radical (unpaired) electrons. The molecule has 6 nitrogen and oxygen atoms in total. The smallest absolute Gasteiger partial charge is 0.594 e. The van der Waals surface area contributed by atoms with E-state index in [1.165, 1.54) is 0 Å². The number of nitrogens with zero attached hydrogens (tertiary/aromatic N) is 1. The molecular formula is C11H18BNO5. The van der Waals surface area contributed by atoms with Gasteiger partial charge in [-0.15, -0.1) is 0 Å². The summed E-state index contributed by atoms with van der Waals surface area (Å²) in [5.41, 5.74) is -0.538. The minimum Gasteiger partial charge on any atom is -0.594 e. The average molecular weight is 255 g/mol. The maximum atomic E-state index is 12.4. The van der Waals surface area contributed by atoms with Crippen LogP contribution in [0.2, 0.25) is 0 Å². The number of carbonyl (C=O) groups is 3. The van der Waals surface area contributed by atoms with E-state index in [1.807, 2.05) is 20.8 Å². The van der Waals surface area contributed by atoms with Crippen LogP contribution in [0, 0.1) is 5.41 Å². The van der Waals surface area contributed by atoms with Crippen molar-refractivity contribution in [3.63, 3.8) is 0 Å². The van der Waals surface area contributed by atoms with E-state index in [-0.39, 0.29) is 35.0 Å². The molecule has 2 heterocycles. The Kier molecular flexibility index (Phi) is 2.59. The zero-order valence-corrected chi connectivity index (χ0v) is 11.2. The first-order valence-electron chi connectivity index (χ1n) is 6.03. The molecule has 2 aliphatic rings. The molecule has 0 bridgehead atoms. The molecule has 18 heavy (non-hydrogen) atoms. The zero-order chi connectivity index (χ0) is 13.8. The highest BCUT2D eigenvalue weighted by molar-refractivity contribution is 6.94. The molecule has 0 N–H and O–H groups in total. The predicted molar refractivity (Wildman–Crippen MR) is 62.9 cm³/mol. The quantitative estimate of drug-likeness (QED) is 0.651.